The van der Waals surface area contributed by atoms with Gasteiger partial charge in [0.2, 0.25) is 5.91 Å². The van der Waals surface area contributed by atoms with Crippen molar-refractivity contribution in [1.82, 2.24) is 15.6 Å². The molecule has 0 aliphatic rings. The van der Waals surface area contributed by atoms with Gasteiger partial charge in [-0.25, -0.2) is 0 Å². The third-order valence-corrected chi connectivity index (χ3v) is 2.27. The Bertz CT molecular complexity index is 325. The minimum Gasteiger partial charge on any atom is -0.350 e. The molecule has 0 unspecified atom stereocenters. The highest BCUT2D eigenvalue weighted by Gasteiger charge is 2.01. The third-order valence-electron chi connectivity index (χ3n) is 2.27. The fourth-order valence-corrected chi connectivity index (χ4v) is 1.37. The van der Waals surface area contributed by atoms with Crippen LogP contribution in [0, 0.1) is 5.92 Å². The SMILES string of the molecule is CC(C)CNCCC(=O)NCc1ccccn1. The lowest BCUT2D eigenvalue weighted by Gasteiger charge is -2.07. The van der Waals surface area contributed by atoms with Crippen LogP contribution in [0.5, 0.6) is 0 Å². The highest BCUT2D eigenvalue weighted by Crippen LogP contribution is 1.92. The van der Waals surface area contributed by atoms with Gasteiger partial charge in [0.15, 0.2) is 0 Å². The van der Waals surface area contributed by atoms with Gasteiger partial charge in [0, 0.05) is 19.2 Å². The van der Waals surface area contributed by atoms with Crippen LogP contribution in [0.25, 0.3) is 0 Å². The number of amides is 1. The Labute approximate surface area is 103 Å². The molecule has 0 spiro atoms. The molecule has 17 heavy (non-hydrogen) atoms. The zero-order chi connectivity index (χ0) is 12.5. The maximum absolute atomic E-state index is 11.5. The molecular formula is C13H21N3O. The highest BCUT2D eigenvalue weighted by atomic mass is 16.1. The van der Waals surface area contributed by atoms with Crippen molar-refractivity contribution in [3.05, 3.63) is 30.1 Å². The summed E-state index contributed by atoms with van der Waals surface area (Å²) in [6.45, 7) is 6.48. The summed E-state index contributed by atoms with van der Waals surface area (Å²) in [5.74, 6) is 0.679. The van der Waals surface area contributed by atoms with Crippen LogP contribution in [0.1, 0.15) is 26.0 Å². The molecule has 0 aromatic carbocycles. The van der Waals surface area contributed by atoms with E-state index in [1.54, 1.807) is 6.20 Å². The van der Waals surface area contributed by atoms with E-state index in [-0.39, 0.29) is 5.91 Å². The van der Waals surface area contributed by atoms with Gasteiger partial charge < -0.3 is 10.6 Å². The average Bonchev–Trinajstić information content (AvgIpc) is 2.33. The maximum Gasteiger partial charge on any atom is 0.221 e. The van der Waals surface area contributed by atoms with Crippen molar-refractivity contribution in [2.75, 3.05) is 13.1 Å². The van der Waals surface area contributed by atoms with Crippen molar-refractivity contribution in [3.63, 3.8) is 0 Å². The van der Waals surface area contributed by atoms with E-state index >= 15 is 0 Å². The minimum absolute atomic E-state index is 0.0620. The van der Waals surface area contributed by atoms with Crippen LogP contribution in [-0.2, 0) is 11.3 Å². The fraction of sp³-hybridized carbons (Fsp3) is 0.538. The average molecular weight is 235 g/mol. The molecule has 1 amide bonds. The van der Waals surface area contributed by atoms with Gasteiger partial charge in [-0.2, -0.15) is 0 Å². The Morgan fingerprint density at radius 2 is 2.24 bits per heavy atom. The first-order valence-corrected chi connectivity index (χ1v) is 6.06. The van der Waals surface area contributed by atoms with Crippen molar-refractivity contribution in [2.24, 2.45) is 5.92 Å². The zero-order valence-corrected chi connectivity index (χ0v) is 10.6. The normalized spacial score (nSPS) is 10.5. The van der Waals surface area contributed by atoms with Crippen molar-refractivity contribution in [1.29, 1.82) is 0 Å². The second-order valence-electron chi connectivity index (χ2n) is 4.45. The van der Waals surface area contributed by atoms with Gasteiger partial charge >= 0.3 is 0 Å². The van der Waals surface area contributed by atoms with E-state index in [2.05, 4.69) is 29.5 Å². The predicted molar refractivity (Wildman–Crippen MR) is 68.4 cm³/mol. The lowest BCUT2D eigenvalue weighted by Crippen LogP contribution is -2.29. The van der Waals surface area contributed by atoms with Crippen LogP contribution in [0.4, 0.5) is 0 Å². The molecule has 0 fully saturated rings. The lowest BCUT2D eigenvalue weighted by atomic mass is 10.2. The first kappa shape index (κ1) is 13.6. The number of carbonyl (C=O) groups is 1. The van der Waals surface area contributed by atoms with E-state index in [0.717, 1.165) is 18.8 Å². The standard InChI is InChI=1S/C13H21N3O/c1-11(2)9-14-8-6-13(17)16-10-12-5-3-4-7-15-12/h3-5,7,11,14H,6,8-10H2,1-2H3,(H,16,17). The van der Waals surface area contributed by atoms with E-state index in [1.807, 2.05) is 18.2 Å². The Kier molecular flexibility index (Phi) is 6.25. The molecular weight excluding hydrogens is 214 g/mol. The predicted octanol–water partition coefficient (Wildman–Crippen LogP) is 1.33. The molecule has 4 heteroatoms. The van der Waals surface area contributed by atoms with Crippen LogP contribution in [0.2, 0.25) is 0 Å². The van der Waals surface area contributed by atoms with Crippen LogP contribution >= 0.6 is 0 Å². The quantitative estimate of drug-likeness (QED) is 0.701. The fourth-order valence-electron chi connectivity index (χ4n) is 1.37. The summed E-state index contributed by atoms with van der Waals surface area (Å²) >= 11 is 0. The summed E-state index contributed by atoms with van der Waals surface area (Å²) in [6.07, 6.45) is 2.24. The number of nitrogens with one attached hydrogen (secondary N) is 2. The Balaban J connectivity index is 2.09. The van der Waals surface area contributed by atoms with E-state index in [4.69, 9.17) is 0 Å². The monoisotopic (exact) mass is 235 g/mol. The van der Waals surface area contributed by atoms with Gasteiger partial charge in [0.1, 0.15) is 0 Å². The molecule has 1 heterocycles. The van der Waals surface area contributed by atoms with Crippen molar-refractivity contribution in [2.45, 2.75) is 26.8 Å². The van der Waals surface area contributed by atoms with Gasteiger partial charge in [-0.05, 0) is 24.6 Å². The Hall–Kier alpha value is -1.42. The second kappa shape index (κ2) is 7.79. The minimum atomic E-state index is 0.0620. The molecule has 0 atom stereocenters. The number of hydrogen-bond acceptors (Lipinski definition) is 3. The molecule has 1 aromatic heterocycles. The number of rotatable bonds is 7. The van der Waals surface area contributed by atoms with Gasteiger partial charge in [0.25, 0.3) is 0 Å². The van der Waals surface area contributed by atoms with E-state index < -0.39 is 0 Å². The molecule has 0 saturated carbocycles. The van der Waals surface area contributed by atoms with Gasteiger partial charge in [-0.1, -0.05) is 19.9 Å². The van der Waals surface area contributed by atoms with Crippen LogP contribution in [0.3, 0.4) is 0 Å². The summed E-state index contributed by atoms with van der Waals surface area (Å²) < 4.78 is 0. The first-order valence-electron chi connectivity index (χ1n) is 6.06. The van der Waals surface area contributed by atoms with Crippen molar-refractivity contribution < 1.29 is 4.79 Å². The zero-order valence-electron chi connectivity index (χ0n) is 10.6. The Morgan fingerprint density at radius 3 is 2.88 bits per heavy atom. The summed E-state index contributed by atoms with van der Waals surface area (Å²) in [7, 11) is 0. The Morgan fingerprint density at radius 1 is 1.41 bits per heavy atom. The van der Waals surface area contributed by atoms with Gasteiger partial charge in [-0.3, -0.25) is 9.78 Å². The number of aromatic nitrogens is 1. The maximum atomic E-state index is 11.5. The highest BCUT2D eigenvalue weighted by molar-refractivity contribution is 5.75. The number of pyridine rings is 1. The molecule has 1 aromatic rings. The van der Waals surface area contributed by atoms with Crippen molar-refractivity contribution in [3.8, 4) is 0 Å². The van der Waals surface area contributed by atoms with Crippen LogP contribution in [-0.4, -0.2) is 24.0 Å². The summed E-state index contributed by atoms with van der Waals surface area (Å²) in [4.78, 5) is 15.6. The summed E-state index contributed by atoms with van der Waals surface area (Å²) in [5.41, 5.74) is 0.885. The summed E-state index contributed by atoms with van der Waals surface area (Å²) in [6, 6.07) is 5.68. The van der Waals surface area contributed by atoms with Gasteiger partial charge in [0.05, 0.1) is 12.2 Å². The summed E-state index contributed by atoms with van der Waals surface area (Å²) in [5, 5.41) is 6.08. The van der Waals surface area contributed by atoms with E-state index in [1.165, 1.54) is 0 Å². The molecule has 0 saturated heterocycles. The molecule has 4 nitrogen and oxygen atoms in total. The van der Waals surface area contributed by atoms with E-state index in [0.29, 0.717) is 18.9 Å². The molecule has 0 aliphatic carbocycles. The van der Waals surface area contributed by atoms with Gasteiger partial charge in [-0.15, -0.1) is 0 Å². The van der Waals surface area contributed by atoms with Crippen LogP contribution in [0.15, 0.2) is 24.4 Å². The van der Waals surface area contributed by atoms with Crippen LogP contribution < -0.4 is 10.6 Å². The van der Waals surface area contributed by atoms with E-state index in [9.17, 15) is 4.79 Å². The number of carbonyl (C=O) groups excluding carboxylic acids is 1. The number of hydrogen-bond donors (Lipinski definition) is 2. The smallest absolute Gasteiger partial charge is 0.221 e. The molecule has 0 aliphatic heterocycles. The molecule has 1 rings (SSSR count). The third kappa shape index (κ3) is 6.68. The molecule has 0 radical (unpaired) electrons. The second-order valence-corrected chi connectivity index (χ2v) is 4.45. The molecule has 94 valence electrons. The number of nitrogens with zero attached hydrogens (tertiary/aromatic N) is 1. The largest absolute Gasteiger partial charge is 0.350 e. The lowest BCUT2D eigenvalue weighted by molar-refractivity contribution is -0.121. The first-order chi connectivity index (χ1) is 8.18. The molecule has 0 bridgehead atoms. The topological polar surface area (TPSA) is 54.0 Å². The van der Waals surface area contributed by atoms with Crippen molar-refractivity contribution >= 4 is 5.91 Å². The molecule has 2 N–H and O–H groups in total.